The van der Waals surface area contributed by atoms with Crippen molar-refractivity contribution in [3.63, 3.8) is 0 Å². The maximum atomic E-state index is 10.3. The lowest BCUT2D eigenvalue weighted by Crippen LogP contribution is -2.45. The number of nitrogens with zero attached hydrogens (tertiary/aromatic N) is 1. The summed E-state index contributed by atoms with van der Waals surface area (Å²) in [5.41, 5.74) is 0.636. The molecule has 0 amide bonds. The molecule has 0 saturated heterocycles. The van der Waals surface area contributed by atoms with Crippen molar-refractivity contribution in [3.8, 4) is 11.5 Å². The molecular weight excluding hydrogens is 230 g/mol. The minimum absolute atomic E-state index is 0.537. The molecule has 2 unspecified atom stereocenters. The third-order valence-corrected chi connectivity index (χ3v) is 2.85. The lowest BCUT2D eigenvalue weighted by atomic mass is 10.1. The van der Waals surface area contributed by atoms with Gasteiger partial charge in [0, 0.05) is 13.1 Å². The SMILES string of the molecule is CC1(O)Oc2ccccc2OC1c1ccccn1. The smallest absolute Gasteiger partial charge is 0.248 e. The minimum atomic E-state index is -1.44. The zero-order chi connectivity index (χ0) is 12.6. The quantitative estimate of drug-likeness (QED) is 0.835. The summed E-state index contributed by atoms with van der Waals surface area (Å²) in [6.07, 6.45) is 1.02. The second kappa shape index (κ2) is 3.99. The number of para-hydroxylation sites is 2. The molecule has 1 aromatic carbocycles. The fourth-order valence-electron chi connectivity index (χ4n) is 2.01. The predicted molar refractivity (Wildman–Crippen MR) is 65.3 cm³/mol. The van der Waals surface area contributed by atoms with Gasteiger partial charge in [0.25, 0.3) is 0 Å². The van der Waals surface area contributed by atoms with Crippen LogP contribution in [0.4, 0.5) is 0 Å². The van der Waals surface area contributed by atoms with Gasteiger partial charge in [0.1, 0.15) is 0 Å². The van der Waals surface area contributed by atoms with Crippen molar-refractivity contribution >= 4 is 0 Å². The van der Waals surface area contributed by atoms with Crippen LogP contribution in [0.3, 0.4) is 0 Å². The highest BCUT2D eigenvalue weighted by atomic mass is 16.7. The largest absolute Gasteiger partial charge is 0.473 e. The molecule has 3 rings (SSSR count). The van der Waals surface area contributed by atoms with Crippen LogP contribution in [0.25, 0.3) is 0 Å². The molecule has 92 valence electrons. The number of rotatable bonds is 1. The number of hydrogen-bond donors (Lipinski definition) is 1. The van der Waals surface area contributed by atoms with Gasteiger partial charge in [0.2, 0.25) is 11.9 Å². The van der Waals surface area contributed by atoms with Crippen molar-refractivity contribution in [1.29, 1.82) is 0 Å². The first-order chi connectivity index (χ1) is 8.67. The third kappa shape index (κ3) is 1.80. The van der Waals surface area contributed by atoms with E-state index in [1.54, 1.807) is 31.3 Å². The van der Waals surface area contributed by atoms with Gasteiger partial charge < -0.3 is 14.6 Å². The average Bonchev–Trinajstić information content (AvgIpc) is 2.38. The lowest BCUT2D eigenvalue weighted by Gasteiger charge is -2.37. The van der Waals surface area contributed by atoms with Gasteiger partial charge in [0.05, 0.1) is 5.69 Å². The number of fused-ring (bicyclic) bond motifs is 1. The van der Waals surface area contributed by atoms with Crippen molar-refractivity contribution in [1.82, 2.24) is 4.98 Å². The molecule has 18 heavy (non-hydrogen) atoms. The highest BCUT2D eigenvalue weighted by Crippen LogP contribution is 2.42. The summed E-state index contributed by atoms with van der Waals surface area (Å²) < 4.78 is 11.4. The molecule has 1 aliphatic heterocycles. The Morgan fingerprint density at radius 2 is 1.83 bits per heavy atom. The van der Waals surface area contributed by atoms with E-state index in [0.29, 0.717) is 17.2 Å². The molecule has 2 aromatic rings. The monoisotopic (exact) mass is 243 g/mol. The standard InChI is InChI=1S/C14H13NO3/c1-14(16)13(10-6-4-5-9-15-10)17-11-7-2-3-8-12(11)18-14/h2-9,13,16H,1H3. The van der Waals surface area contributed by atoms with E-state index in [2.05, 4.69) is 4.98 Å². The van der Waals surface area contributed by atoms with Crippen LogP contribution in [0, 0.1) is 0 Å². The Morgan fingerprint density at radius 1 is 1.11 bits per heavy atom. The van der Waals surface area contributed by atoms with Crippen LogP contribution in [0.15, 0.2) is 48.7 Å². The molecule has 1 N–H and O–H groups in total. The molecule has 0 saturated carbocycles. The second-order valence-electron chi connectivity index (χ2n) is 4.36. The van der Waals surface area contributed by atoms with E-state index >= 15 is 0 Å². The van der Waals surface area contributed by atoms with E-state index < -0.39 is 11.9 Å². The van der Waals surface area contributed by atoms with Crippen LogP contribution in [0.1, 0.15) is 18.7 Å². The van der Waals surface area contributed by atoms with Gasteiger partial charge in [-0.3, -0.25) is 4.98 Å². The van der Waals surface area contributed by atoms with E-state index in [4.69, 9.17) is 9.47 Å². The first-order valence-electron chi connectivity index (χ1n) is 5.75. The summed E-state index contributed by atoms with van der Waals surface area (Å²) in [6.45, 7) is 1.57. The van der Waals surface area contributed by atoms with Crippen LogP contribution in [-0.2, 0) is 0 Å². The lowest BCUT2D eigenvalue weighted by molar-refractivity contribution is -0.203. The minimum Gasteiger partial charge on any atom is -0.473 e. The van der Waals surface area contributed by atoms with E-state index in [1.807, 2.05) is 24.3 Å². The predicted octanol–water partition coefficient (Wildman–Crippen LogP) is 2.30. The number of hydrogen-bond acceptors (Lipinski definition) is 4. The highest BCUT2D eigenvalue weighted by molar-refractivity contribution is 5.42. The Kier molecular flexibility index (Phi) is 2.45. The second-order valence-corrected chi connectivity index (χ2v) is 4.36. The number of benzene rings is 1. The summed E-state index contributed by atoms with van der Waals surface area (Å²) >= 11 is 0. The van der Waals surface area contributed by atoms with Crippen LogP contribution < -0.4 is 9.47 Å². The van der Waals surface area contributed by atoms with Gasteiger partial charge in [-0.15, -0.1) is 0 Å². The molecule has 1 aliphatic rings. The summed E-state index contributed by atoms with van der Waals surface area (Å²) in [4.78, 5) is 4.21. The fourth-order valence-corrected chi connectivity index (χ4v) is 2.01. The van der Waals surface area contributed by atoms with Crippen LogP contribution in [0.2, 0.25) is 0 Å². The van der Waals surface area contributed by atoms with Gasteiger partial charge in [-0.1, -0.05) is 18.2 Å². The van der Waals surface area contributed by atoms with Gasteiger partial charge in [0.15, 0.2) is 11.5 Å². The van der Waals surface area contributed by atoms with Crippen LogP contribution in [-0.4, -0.2) is 15.9 Å². The molecule has 4 heteroatoms. The molecule has 0 bridgehead atoms. The summed E-state index contributed by atoms with van der Waals surface area (Å²) in [6, 6.07) is 12.7. The topological polar surface area (TPSA) is 51.6 Å². The molecule has 2 heterocycles. The molecule has 1 aromatic heterocycles. The Bertz CT molecular complexity index is 554. The van der Waals surface area contributed by atoms with Crippen molar-refractivity contribution in [2.45, 2.75) is 18.8 Å². The number of ether oxygens (including phenoxy) is 2. The van der Waals surface area contributed by atoms with Crippen molar-refractivity contribution in [2.75, 3.05) is 0 Å². The van der Waals surface area contributed by atoms with E-state index in [1.165, 1.54) is 0 Å². The fraction of sp³-hybridized carbons (Fsp3) is 0.214. The zero-order valence-corrected chi connectivity index (χ0v) is 9.91. The maximum absolute atomic E-state index is 10.3. The zero-order valence-electron chi connectivity index (χ0n) is 9.91. The summed E-state index contributed by atoms with van der Waals surface area (Å²) in [7, 11) is 0. The maximum Gasteiger partial charge on any atom is 0.248 e. The van der Waals surface area contributed by atoms with Gasteiger partial charge >= 0.3 is 0 Å². The molecular formula is C14H13NO3. The van der Waals surface area contributed by atoms with Crippen LogP contribution >= 0.6 is 0 Å². The molecule has 0 fully saturated rings. The number of aliphatic hydroxyl groups is 1. The first-order valence-corrected chi connectivity index (χ1v) is 5.75. The summed E-state index contributed by atoms with van der Waals surface area (Å²) in [5, 5.41) is 10.3. The number of aromatic nitrogens is 1. The molecule has 0 radical (unpaired) electrons. The van der Waals surface area contributed by atoms with E-state index in [0.717, 1.165) is 0 Å². The third-order valence-electron chi connectivity index (χ3n) is 2.85. The highest BCUT2D eigenvalue weighted by Gasteiger charge is 2.42. The Hall–Kier alpha value is -2.07. The first kappa shape index (κ1) is 11.0. The Balaban J connectivity index is 2.02. The van der Waals surface area contributed by atoms with Crippen molar-refractivity contribution in [2.24, 2.45) is 0 Å². The van der Waals surface area contributed by atoms with E-state index in [9.17, 15) is 5.11 Å². The normalized spacial score (nSPS) is 25.8. The van der Waals surface area contributed by atoms with Gasteiger partial charge in [-0.25, -0.2) is 0 Å². The molecule has 2 atom stereocenters. The van der Waals surface area contributed by atoms with E-state index in [-0.39, 0.29) is 0 Å². The average molecular weight is 243 g/mol. The molecule has 0 aliphatic carbocycles. The molecule has 0 spiro atoms. The van der Waals surface area contributed by atoms with Gasteiger partial charge in [-0.2, -0.15) is 0 Å². The summed E-state index contributed by atoms with van der Waals surface area (Å²) in [5.74, 6) is -0.294. The number of pyridine rings is 1. The van der Waals surface area contributed by atoms with Crippen molar-refractivity contribution in [3.05, 3.63) is 54.4 Å². The van der Waals surface area contributed by atoms with Gasteiger partial charge in [-0.05, 0) is 24.3 Å². The van der Waals surface area contributed by atoms with Crippen molar-refractivity contribution < 1.29 is 14.6 Å². The Labute approximate surface area is 105 Å². The Morgan fingerprint density at radius 3 is 2.56 bits per heavy atom. The van der Waals surface area contributed by atoms with Crippen LogP contribution in [0.5, 0.6) is 11.5 Å². The molecule has 4 nitrogen and oxygen atoms in total.